The highest BCUT2D eigenvalue weighted by Gasteiger charge is 2.04. The molecule has 1 heterocycles. The molecule has 2 N–H and O–H groups in total. The van der Waals surface area contributed by atoms with Gasteiger partial charge in [-0.3, -0.25) is 0 Å². The van der Waals surface area contributed by atoms with Crippen LogP contribution in [0.1, 0.15) is 12.1 Å². The van der Waals surface area contributed by atoms with Crippen molar-refractivity contribution in [1.82, 2.24) is 4.98 Å². The van der Waals surface area contributed by atoms with Crippen molar-refractivity contribution < 1.29 is 10.2 Å². The van der Waals surface area contributed by atoms with Crippen LogP contribution in [-0.4, -0.2) is 21.8 Å². The Hall–Kier alpha value is -1.39. The summed E-state index contributed by atoms with van der Waals surface area (Å²) in [5, 5.41) is 21.0. The first-order valence-electron chi connectivity index (χ1n) is 5.14. The Morgan fingerprint density at radius 2 is 2.19 bits per heavy atom. The number of hydrogen-bond acceptors (Lipinski definition) is 4. The Bertz CT molecular complexity index is 468. The van der Waals surface area contributed by atoms with Crippen LogP contribution in [0.3, 0.4) is 0 Å². The summed E-state index contributed by atoms with van der Waals surface area (Å²) in [4.78, 5) is 4.46. The number of nitrogens with zero attached hydrogens (tertiary/aromatic N) is 1. The molecule has 0 radical (unpaired) electrons. The number of aliphatic hydroxyl groups excluding tert-OH is 1. The average Bonchev–Trinajstić information content (AvgIpc) is 2.75. The summed E-state index contributed by atoms with van der Waals surface area (Å²) in [7, 11) is 0. The van der Waals surface area contributed by atoms with Gasteiger partial charge >= 0.3 is 0 Å². The number of hydrogen-bond donors (Lipinski definition) is 2. The number of rotatable bonds is 4. The van der Waals surface area contributed by atoms with E-state index in [4.69, 9.17) is 5.11 Å². The molecule has 2 aromatic rings. The van der Waals surface area contributed by atoms with Gasteiger partial charge in [0, 0.05) is 17.6 Å². The Balaban J connectivity index is 2.18. The second-order valence-corrected chi connectivity index (χ2v) is 4.38. The summed E-state index contributed by atoms with van der Waals surface area (Å²) in [6.45, 7) is 0.193. The molecule has 1 aromatic carbocycles. The summed E-state index contributed by atoms with van der Waals surface area (Å²) in [6.07, 6.45) is 1.54. The lowest BCUT2D eigenvalue weighted by molar-refractivity contribution is 0.288. The molecule has 84 valence electrons. The van der Waals surface area contributed by atoms with Gasteiger partial charge < -0.3 is 10.2 Å². The first kappa shape index (κ1) is 11.1. The molecule has 16 heavy (non-hydrogen) atoms. The van der Waals surface area contributed by atoms with Crippen molar-refractivity contribution in [2.75, 3.05) is 6.61 Å². The molecule has 0 aliphatic rings. The molecule has 2 rings (SSSR count). The van der Waals surface area contributed by atoms with Crippen LogP contribution in [0.2, 0.25) is 0 Å². The third kappa shape index (κ3) is 2.59. The van der Waals surface area contributed by atoms with Gasteiger partial charge in [-0.25, -0.2) is 4.98 Å². The lowest BCUT2D eigenvalue weighted by Gasteiger charge is -1.96. The third-order valence-corrected chi connectivity index (χ3v) is 3.18. The Morgan fingerprint density at radius 3 is 2.94 bits per heavy atom. The van der Waals surface area contributed by atoms with Crippen LogP contribution in [0, 0.1) is 0 Å². The van der Waals surface area contributed by atoms with Crippen LogP contribution in [0.25, 0.3) is 10.6 Å². The SMILES string of the molecule is OCCCc1csc(-c2cccc(O)c2)n1. The van der Waals surface area contributed by atoms with Gasteiger partial charge in [0.15, 0.2) is 0 Å². The van der Waals surface area contributed by atoms with Crippen LogP contribution >= 0.6 is 11.3 Å². The van der Waals surface area contributed by atoms with Gasteiger partial charge in [-0.05, 0) is 25.0 Å². The lowest BCUT2D eigenvalue weighted by atomic mass is 10.2. The molecule has 1 aromatic heterocycles. The summed E-state index contributed by atoms with van der Waals surface area (Å²) < 4.78 is 0. The molecular formula is C12H13NO2S. The van der Waals surface area contributed by atoms with Gasteiger partial charge in [-0.2, -0.15) is 0 Å². The maximum atomic E-state index is 9.37. The normalized spacial score (nSPS) is 10.6. The molecule has 0 unspecified atom stereocenters. The van der Waals surface area contributed by atoms with Crippen LogP contribution in [0.5, 0.6) is 5.75 Å². The molecule has 0 atom stereocenters. The number of phenols is 1. The molecule has 0 saturated carbocycles. The fraction of sp³-hybridized carbons (Fsp3) is 0.250. The highest BCUT2D eigenvalue weighted by molar-refractivity contribution is 7.13. The van der Waals surface area contributed by atoms with Crippen molar-refractivity contribution in [3.63, 3.8) is 0 Å². The number of benzene rings is 1. The van der Waals surface area contributed by atoms with Crippen molar-refractivity contribution >= 4 is 11.3 Å². The first-order valence-corrected chi connectivity index (χ1v) is 6.02. The quantitative estimate of drug-likeness (QED) is 0.855. The fourth-order valence-electron chi connectivity index (χ4n) is 1.45. The average molecular weight is 235 g/mol. The third-order valence-electron chi connectivity index (χ3n) is 2.24. The van der Waals surface area contributed by atoms with E-state index in [9.17, 15) is 5.11 Å². The predicted molar refractivity (Wildman–Crippen MR) is 64.6 cm³/mol. The molecule has 4 heteroatoms. The van der Waals surface area contributed by atoms with E-state index < -0.39 is 0 Å². The minimum Gasteiger partial charge on any atom is -0.508 e. The Morgan fingerprint density at radius 1 is 1.31 bits per heavy atom. The first-order chi connectivity index (χ1) is 7.79. The van der Waals surface area contributed by atoms with Crippen LogP contribution in [0.4, 0.5) is 0 Å². The Kier molecular flexibility index (Phi) is 3.54. The zero-order valence-corrected chi connectivity index (χ0v) is 9.57. The van der Waals surface area contributed by atoms with Crippen LogP contribution in [-0.2, 0) is 6.42 Å². The summed E-state index contributed by atoms with van der Waals surface area (Å²) in [5.41, 5.74) is 1.93. The van der Waals surface area contributed by atoms with Crippen molar-refractivity contribution in [3.05, 3.63) is 35.3 Å². The summed E-state index contributed by atoms with van der Waals surface area (Å²) in [5.74, 6) is 0.254. The second kappa shape index (κ2) is 5.09. The van der Waals surface area contributed by atoms with E-state index >= 15 is 0 Å². The number of aromatic hydroxyl groups is 1. The fourth-order valence-corrected chi connectivity index (χ4v) is 2.30. The number of aryl methyl sites for hydroxylation is 1. The summed E-state index contributed by atoms with van der Waals surface area (Å²) >= 11 is 1.56. The van der Waals surface area contributed by atoms with E-state index in [0.717, 1.165) is 29.1 Å². The van der Waals surface area contributed by atoms with Crippen molar-refractivity contribution in [3.8, 4) is 16.3 Å². The largest absolute Gasteiger partial charge is 0.508 e. The number of phenolic OH excluding ortho intramolecular Hbond substituents is 1. The van der Waals surface area contributed by atoms with Gasteiger partial charge in [-0.15, -0.1) is 11.3 Å². The predicted octanol–water partition coefficient (Wildman–Crippen LogP) is 2.44. The zero-order chi connectivity index (χ0) is 11.4. The van der Waals surface area contributed by atoms with Gasteiger partial charge in [0.05, 0.1) is 5.69 Å². The van der Waals surface area contributed by atoms with Crippen molar-refractivity contribution in [2.45, 2.75) is 12.8 Å². The molecule has 0 saturated heterocycles. The van der Waals surface area contributed by atoms with E-state index in [2.05, 4.69) is 4.98 Å². The number of aromatic nitrogens is 1. The molecule has 3 nitrogen and oxygen atoms in total. The number of aliphatic hydroxyl groups is 1. The molecule has 0 aliphatic heterocycles. The van der Waals surface area contributed by atoms with Gasteiger partial charge in [0.25, 0.3) is 0 Å². The number of thiazole rings is 1. The van der Waals surface area contributed by atoms with Gasteiger partial charge in [0.1, 0.15) is 10.8 Å². The maximum absolute atomic E-state index is 9.37. The molecule has 0 spiro atoms. The topological polar surface area (TPSA) is 53.4 Å². The van der Waals surface area contributed by atoms with Crippen molar-refractivity contribution in [2.24, 2.45) is 0 Å². The highest BCUT2D eigenvalue weighted by Crippen LogP contribution is 2.26. The van der Waals surface area contributed by atoms with E-state index in [1.54, 1.807) is 29.5 Å². The standard InChI is InChI=1S/C12H13NO2S/c14-6-2-4-10-8-16-12(13-10)9-3-1-5-11(15)7-9/h1,3,5,7-8,14-15H,2,4,6H2. The van der Waals surface area contributed by atoms with Gasteiger partial charge in [0.2, 0.25) is 0 Å². The van der Waals surface area contributed by atoms with Crippen molar-refractivity contribution in [1.29, 1.82) is 0 Å². The molecule has 0 amide bonds. The second-order valence-electron chi connectivity index (χ2n) is 3.52. The van der Waals surface area contributed by atoms with E-state index in [0.29, 0.717) is 0 Å². The lowest BCUT2D eigenvalue weighted by Crippen LogP contribution is -1.89. The van der Waals surface area contributed by atoms with Crippen LogP contribution < -0.4 is 0 Å². The van der Waals surface area contributed by atoms with E-state index in [1.807, 2.05) is 11.4 Å². The zero-order valence-electron chi connectivity index (χ0n) is 8.76. The van der Waals surface area contributed by atoms with Crippen LogP contribution in [0.15, 0.2) is 29.6 Å². The smallest absolute Gasteiger partial charge is 0.123 e. The highest BCUT2D eigenvalue weighted by atomic mass is 32.1. The molecule has 0 fully saturated rings. The van der Waals surface area contributed by atoms with E-state index in [-0.39, 0.29) is 12.4 Å². The van der Waals surface area contributed by atoms with E-state index in [1.165, 1.54) is 0 Å². The Labute approximate surface area is 98.0 Å². The minimum atomic E-state index is 0.193. The van der Waals surface area contributed by atoms with Gasteiger partial charge in [-0.1, -0.05) is 12.1 Å². The monoisotopic (exact) mass is 235 g/mol. The summed E-state index contributed by atoms with van der Waals surface area (Å²) in [6, 6.07) is 7.08. The molecule has 0 aliphatic carbocycles. The minimum absolute atomic E-state index is 0.193. The molecular weight excluding hydrogens is 222 g/mol. The molecule has 0 bridgehead atoms. The maximum Gasteiger partial charge on any atom is 0.123 e.